The van der Waals surface area contributed by atoms with Crippen LogP contribution in [0.1, 0.15) is 13.3 Å². The van der Waals surface area contributed by atoms with E-state index >= 15 is 0 Å². The Balaban J connectivity index is 2.49. The monoisotopic (exact) mass is 202 g/mol. The Morgan fingerprint density at radius 1 is 1.67 bits per heavy atom. The van der Waals surface area contributed by atoms with E-state index in [1.165, 1.54) is 0 Å². The second-order valence-corrected chi connectivity index (χ2v) is 6.17. The molecule has 0 aromatic carbocycles. The second kappa shape index (κ2) is 4.12. The van der Waals surface area contributed by atoms with Crippen molar-refractivity contribution in [3.8, 4) is 0 Å². The zero-order valence-corrected chi connectivity index (χ0v) is 8.45. The van der Waals surface area contributed by atoms with E-state index in [-0.39, 0.29) is 9.86 Å². The standard InChI is InChI=1S/C7H10N2OS2/c1-7(11-2-3-12-7)4-6(10)5-9-8/h5H,2-4H2,1H3. The molecule has 0 radical (unpaired) electrons. The lowest BCUT2D eigenvalue weighted by Gasteiger charge is -2.18. The number of carbonyl (C=O) groups excluding carboxylic acids is 1. The van der Waals surface area contributed by atoms with Gasteiger partial charge in [-0.15, -0.1) is 23.5 Å². The van der Waals surface area contributed by atoms with Crippen LogP contribution in [0, 0.1) is 0 Å². The summed E-state index contributed by atoms with van der Waals surface area (Å²) in [5.41, 5.74) is 8.13. The van der Waals surface area contributed by atoms with Gasteiger partial charge in [-0.3, -0.25) is 4.79 Å². The van der Waals surface area contributed by atoms with Crippen LogP contribution >= 0.6 is 23.5 Å². The summed E-state index contributed by atoms with van der Waals surface area (Å²) in [7, 11) is 0. The zero-order chi connectivity index (χ0) is 9.03. The first-order valence-electron chi connectivity index (χ1n) is 3.64. The fourth-order valence-electron chi connectivity index (χ4n) is 1.09. The highest BCUT2D eigenvalue weighted by atomic mass is 32.2. The summed E-state index contributed by atoms with van der Waals surface area (Å²) in [5.74, 6) is 2.09. The summed E-state index contributed by atoms with van der Waals surface area (Å²) in [6.07, 6.45) is 1.43. The first kappa shape index (κ1) is 9.84. The van der Waals surface area contributed by atoms with Crippen LogP contribution in [0.15, 0.2) is 0 Å². The Bertz CT molecular complexity index is 230. The van der Waals surface area contributed by atoms with E-state index < -0.39 is 0 Å². The first-order chi connectivity index (χ1) is 5.66. The van der Waals surface area contributed by atoms with Gasteiger partial charge >= 0.3 is 6.21 Å². The lowest BCUT2D eigenvalue weighted by atomic mass is 10.2. The maximum atomic E-state index is 11.1. The van der Waals surface area contributed by atoms with Crippen molar-refractivity contribution in [1.29, 1.82) is 0 Å². The van der Waals surface area contributed by atoms with Crippen LogP contribution < -0.4 is 0 Å². The van der Waals surface area contributed by atoms with Gasteiger partial charge in [0.25, 0.3) is 0 Å². The Labute approximate surface area is 79.9 Å². The highest BCUT2D eigenvalue weighted by Crippen LogP contribution is 2.45. The van der Waals surface area contributed by atoms with Gasteiger partial charge in [-0.05, 0) is 6.92 Å². The van der Waals surface area contributed by atoms with Crippen molar-refractivity contribution >= 4 is 35.5 Å². The van der Waals surface area contributed by atoms with E-state index in [4.69, 9.17) is 5.53 Å². The molecule has 0 aromatic heterocycles. The Morgan fingerprint density at radius 3 is 2.75 bits per heavy atom. The predicted molar refractivity (Wildman–Crippen MR) is 52.6 cm³/mol. The molecule has 0 unspecified atom stereocenters. The van der Waals surface area contributed by atoms with Crippen LogP contribution in [0.5, 0.6) is 0 Å². The summed E-state index contributed by atoms with van der Waals surface area (Å²) in [5, 5.41) is 0. The molecule has 1 aliphatic heterocycles. The summed E-state index contributed by atoms with van der Waals surface area (Å²) in [6.45, 7) is 2.05. The largest absolute Gasteiger partial charge is 0.361 e. The molecule has 0 aromatic rings. The molecule has 5 heteroatoms. The summed E-state index contributed by atoms with van der Waals surface area (Å²) < 4.78 is -0.00171. The maximum absolute atomic E-state index is 11.1. The number of carbonyl (C=O) groups is 1. The van der Waals surface area contributed by atoms with Crippen LogP contribution in [0.4, 0.5) is 0 Å². The topological polar surface area (TPSA) is 53.5 Å². The van der Waals surface area contributed by atoms with E-state index in [9.17, 15) is 4.79 Å². The van der Waals surface area contributed by atoms with E-state index in [0.717, 1.165) is 17.7 Å². The zero-order valence-electron chi connectivity index (χ0n) is 6.82. The van der Waals surface area contributed by atoms with Gasteiger partial charge in [-0.2, -0.15) is 4.79 Å². The molecule has 12 heavy (non-hydrogen) atoms. The number of nitrogens with zero attached hydrogens (tertiary/aromatic N) is 2. The van der Waals surface area contributed by atoms with Gasteiger partial charge in [-0.1, -0.05) is 0 Å². The lowest BCUT2D eigenvalue weighted by Crippen LogP contribution is -2.18. The van der Waals surface area contributed by atoms with Crippen molar-refractivity contribution in [2.24, 2.45) is 0 Å². The van der Waals surface area contributed by atoms with Crippen LogP contribution in [0.25, 0.3) is 5.53 Å². The quantitative estimate of drug-likeness (QED) is 0.395. The van der Waals surface area contributed by atoms with Gasteiger partial charge in [0.1, 0.15) is 0 Å². The normalized spacial score (nSPS) is 20.1. The van der Waals surface area contributed by atoms with Crippen molar-refractivity contribution in [2.45, 2.75) is 17.4 Å². The number of ketones is 1. The Kier molecular flexibility index (Phi) is 3.38. The minimum absolute atomic E-state index is 0.00171. The van der Waals surface area contributed by atoms with Crippen LogP contribution in [-0.2, 0) is 4.79 Å². The third-order valence-electron chi connectivity index (χ3n) is 1.60. The fraction of sp³-hybridized carbons (Fsp3) is 0.714. The highest BCUT2D eigenvalue weighted by Gasteiger charge is 2.33. The third-order valence-corrected chi connectivity index (χ3v) is 4.89. The van der Waals surface area contributed by atoms with Gasteiger partial charge in [0.05, 0.1) is 4.08 Å². The van der Waals surface area contributed by atoms with Gasteiger partial charge in [-0.25, -0.2) is 0 Å². The van der Waals surface area contributed by atoms with Crippen LogP contribution in [-0.4, -0.2) is 32.4 Å². The first-order valence-corrected chi connectivity index (χ1v) is 5.61. The maximum Gasteiger partial charge on any atom is 0.323 e. The number of Topliss-reactive ketones (excluding diaryl/α,β-unsaturated/α-hetero) is 1. The molecule has 0 aliphatic carbocycles. The molecule has 1 fully saturated rings. The molecule has 3 nitrogen and oxygen atoms in total. The molecule has 0 N–H and O–H groups in total. The highest BCUT2D eigenvalue weighted by molar-refractivity contribution is 8.21. The number of rotatable bonds is 3. The fourth-order valence-corrected chi connectivity index (χ4v) is 3.94. The van der Waals surface area contributed by atoms with E-state index in [1.54, 1.807) is 23.5 Å². The smallest absolute Gasteiger partial charge is 0.323 e. The summed E-state index contributed by atoms with van der Waals surface area (Å²) >= 11 is 3.60. The van der Waals surface area contributed by atoms with E-state index in [1.807, 2.05) is 0 Å². The summed E-state index contributed by atoms with van der Waals surface area (Å²) in [4.78, 5) is 13.8. The molecule has 0 amide bonds. The van der Waals surface area contributed by atoms with Gasteiger partial charge in [0.15, 0.2) is 0 Å². The molecule has 1 heterocycles. The van der Waals surface area contributed by atoms with Crippen molar-refractivity contribution in [2.75, 3.05) is 11.5 Å². The van der Waals surface area contributed by atoms with Crippen LogP contribution in [0.3, 0.4) is 0 Å². The van der Waals surface area contributed by atoms with Crippen molar-refractivity contribution in [3.05, 3.63) is 5.53 Å². The van der Waals surface area contributed by atoms with Crippen molar-refractivity contribution in [3.63, 3.8) is 0 Å². The minimum Gasteiger partial charge on any atom is -0.361 e. The Hall–Kier alpha value is -0.250. The SMILES string of the molecule is CC1(CC(=O)C=[N+]=[N-])SCCS1. The molecular formula is C7H10N2OS2. The average molecular weight is 202 g/mol. The van der Waals surface area contributed by atoms with Gasteiger partial charge in [0.2, 0.25) is 5.78 Å². The van der Waals surface area contributed by atoms with Gasteiger partial charge < -0.3 is 5.53 Å². The third kappa shape index (κ3) is 2.66. The van der Waals surface area contributed by atoms with Crippen LogP contribution in [0.2, 0.25) is 0 Å². The van der Waals surface area contributed by atoms with Crippen molar-refractivity contribution < 1.29 is 9.58 Å². The second-order valence-electron chi connectivity index (χ2n) is 2.72. The predicted octanol–water partition coefficient (Wildman–Crippen LogP) is 1.44. The number of hydrogen-bond acceptors (Lipinski definition) is 3. The Morgan fingerprint density at radius 2 is 2.25 bits per heavy atom. The molecule has 0 bridgehead atoms. The number of hydrogen-bond donors (Lipinski definition) is 0. The molecule has 0 atom stereocenters. The molecule has 0 spiro atoms. The molecular weight excluding hydrogens is 192 g/mol. The lowest BCUT2D eigenvalue weighted by molar-refractivity contribution is -0.116. The molecule has 1 rings (SSSR count). The van der Waals surface area contributed by atoms with E-state index in [0.29, 0.717) is 6.42 Å². The van der Waals surface area contributed by atoms with Gasteiger partial charge in [0, 0.05) is 17.9 Å². The number of thioether (sulfide) groups is 2. The minimum atomic E-state index is -0.109. The molecule has 0 saturated carbocycles. The summed E-state index contributed by atoms with van der Waals surface area (Å²) in [6, 6.07) is 0. The van der Waals surface area contributed by atoms with E-state index in [2.05, 4.69) is 11.7 Å². The average Bonchev–Trinajstić information content (AvgIpc) is 2.36. The molecule has 1 saturated heterocycles. The van der Waals surface area contributed by atoms with Crippen molar-refractivity contribution in [1.82, 2.24) is 0 Å². The molecule has 66 valence electrons. The molecule has 1 aliphatic rings.